The molecule has 1 heterocycles. The molecule has 0 saturated carbocycles. The first-order valence-corrected chi connectivity index (χ1v) is 10.9. The number of hydrogen-bond acceptors (Lipinski definition) is 6. The molecule has 3 aromatic carbocycles. The Balaban J connectivity index is 1.54. The molecule has 0 bridgehead atoms. The van der Waals surface area contributed by atoms with E-state index in [4.69, 9.17) is 0 Å². The summed E-state index contributed by atoms with van der Waals surface area (Å²) in [6.07, 6.45) is 1.28. The molecule has 2 N–H and O–H groups in total. The summed E-state index contributed by atoms with van der Waals surface area (Å²) >= 11 is 1.11. The standard InChI is InChI=1S/C24H18N4O4S/c29-21(27-25-14-16-8-4-5-11-18(16)23(31)32)15-33-24-26-20-13-7-6-12-19(20)22(30)28(24)17-9-2-1-3-10-17/h1-14H,15H2,(H,27,29)(H,31,32)/b25-14-. The lowest BCUT2D eigenvalue weighted by Gasteiger charge is -2.12. The number of benzene rings is 3. The average molecular weight is 458 g/mol. The molecule has 1 aromatic heterocycles. The minimum atomic E-state index is -1.08. The number of carbonyl (C=O) groups excluding carboxylic acids is 1. The van der Waals surface area contributed by atoms with Gasteiger partial charge in [0.25, 0.3) is 11.5 Å². The van der Waals surface area contributed by atoms with Crippen molar-refractivity contribution in [2.75, 3.05) is 5.75 Å². The van der Waals surface area contributed by atoms with E-state index < -0.39 is 11.9 Å². The lowest BCUT2D eigenvalue weighted by molar-refractivity contribution is -0.118. The number of carbonyl (C=O) groups is 2. The predicted molar refractivity (Wildman–Crippen MR) is 127 cm³/mol. The van der Waals surface area contributed by atoms with Crippen LogP contribution in [0.5, 0.6) is 0 Å². The van der Waals surface area contributed by atoms with Gasteiger partial charge in [-0.2, -0.15) is 5.10 Å². The number of para-hydroxylation sites is 2. The van der Waals surface area contributed by atoms with E-state index in [-0.39, 0.29) is 16.9 Å². The second-order valence-electron chi connectivity index (χ2n) is 6.86. The van der Waals surface area contributed by atoms with Gasteiger partial charge in [-0.1, -0.05) is 60.3 Å². The largest absolute Gasteiger partial charge is 0.478 e. The summed E-state index contributed by atoms with van der Waals surface area (Å²) in [7, 11) is 0. The molecule has 4 aromatic rings. The molecule has 9 heteroatoms. The number of aromatic carboxylic acids is 1. The molecule has 0 aliphatic rings. The smallest absolute Gasteiger partial charge is 0.336 e. The minimum absolute atomic E-state index is 0.0461. The van der Waals surface area contributed by atoms with Crippen LogP contribution in [-0.2, 0) is 4.79 Å². The topological polar surface area (TPSA) is 114 Å². The predicted octanol–water partition coefficient (Wildman–Crippen LogP) is 3.33. The maximum Gasteiger partial charge on any atom is 0.336 e. The third-order valence-electron chi connectivity index (χ3n) is 4.68. The van der Waals surface area contributed by atoms with Crippen molar-refractivity contribution in [3.8, 4) is 5.69 Å². The summed E-state index contributed by atoms with van der Waals surface area (Å²) in [5.41, 5.74) is 3.79. The summed E-state index contributed by atoms with van der Waals surface area (Å²) < 4.78 is 1.48. The maximum atomic E-state index is 13.1. The Bertz CT molecular complexity index is 1420. The van der Waals surface area contributed by atoms with Crippen molar-refractivity contribution in [3.63, 3.8) is 0 Å². The van der Waals surface area contributed by atoms with Crippen molar-refractivity contribution < 1.29 is 14.7 Å². The Morgan fingerprint density at radius 2 is 1.70 bits per heavy atom. The number of thioether (sulfide) groups is 1. The highest BCUT2D eigenvalue weighted by Crippen LogP contribution is 2.21. The van der Waals surface area contributed by atoms with Crippen LogP contribution in [0.25, 0.3) is 16.6 Å². The van der Waals surface area contributed by atoms with Gasteiger partial charge < -0.3 is 5.11 Å². The quantitative estimate of drug-likeness (QED) is 0.190. The molecule has 8 nitrogen and oxygen atoms in total. The number of nitrogens with one attached hydrogen (secondary N) is 1. The molecule has 0 spiro atoms. The number of fused-ring (bicyclic) bond motifs is 1. The first kappa shape index (κ1) is 22.0. The van der Waals surface area contributed by atoms with Crippen LogP contribution in [0.15, 0.2) is 93.9 Å². The van der Waals surface area contributed by atoms with E-state index in [1.165, 1.54) is 16.8 Å². The number of amides is 1. The SMILES string of the molecule is O=C(CSc1nc2ccccc2c(=O)n1-c1ccccc1)N/N=C\c1ccccc1C(=O)O. The zero-order valence-corrected chi connectivity index (χ0v) is 18.0. The molecule has 0 atom stereocenters. The maximum absolute atomic E-state index is 13.1. The van der Waals surface area contributed by atoms with Crippen molar-refractivity contribution in [3.05, 3.63) is 100 Å². The van der Waals surface area contributed by atoms with Gasteiger partial charge >= 0.3 is 5.97 Å². The van der Waals surface area contributed by atoms with Gasteiger partial charge in [0, 0.05) is 5.56 Å². The highest BCUT2D eigenvalue weighted by molar-refractivity contribution is 7.99. The van der Waals surface area contributed by atoms with E-state index in [1.54, 1.807) is 54.6 Å². The Kier molecular flexibility index (Phi) is 6.61. The Labute approximate surface area is 192 Å². The monoisotopic (exact) mass is 458 g/mol. The molecule has 0 radical (unpaired) electrons. The van der Waals surface area contributed by atoms with Crippen LogP contribution in [0.1, 0.15) is 15.9 Å². The first-order chi connectivity index (χ1) is 16.0. The molecule has 4 rings (SSSR count). The van der Waals surface area contributed by atoms with E-state index in [9.17, 15) is 19.5 Å². The van der Waals surface area contributed by atoms with Gasteiger partial charge in [-0.3, -0.25) is 14.2 Å². The van der Waals surface area contributed by atoms with E-state index >= 15 is 0 Å². The van der Waals surface area contributed by atoms with Crippen molar-refractivity contribution in [2.24, 2.45) is 5.10 Å². The van der Waals surface area contributed by atoms with Gasteiger partial charge in [-0.05, 0) is 30.3 Å². The third kappa shape index (κ3) is 4.99. The van der Waals surface area contributed by atoms with Crippen molar-refractivity contribution in [2.45, 2.75) is 5.16 Å². The minimum Gasteiger partial charge on any atom is -0.478 e. The molecule has 1 amide bonds. The van der Waals surface area contributed by atoms with Crippen LogP contribution in [0, 0.1) is 0 Å². The molecule has 164 valence electrons. The molecular formula is C24H18N4O4S. The number of rotatable bonds is 7. The van der Waals surface area contributed by atoms with Gasteiger partial charge in [-0.25, -0.2) is 15.2 Å². The molecule has 0 saturated heterocycles. The summed E-state index contributed by atoms with van der Waals surface area (Å²) in [6.45, 7) is 0. The van der Waals surface area contributed by atoms with Gasteiger partial charge in [0.2, 0.25) is 0 Å². The second-order valence-corrected chi connectivity index (χ2v) is 7.80. The summed E-state index contributed by atoms with van der Waals surface area (Å²) in [4.78, 5) is 41.3. The lowest BCUT2D eigenvalue weighted by Crippen LogP contribution is -2.24. The fourth-order valence-corrected chi connectivity index (χ4v) is 3.96. The second kappa shape index (κ2) is 9.92. The van der Waals surface area contributed by atoms with E-state index in [0.29, 0.717) is 27.3 Å². The van der Waals surface area contributed by atoms with Crippen LogP contribution >= 0.6 is 11.8 Å². The van der Waals surface area contributed by atoms with Crippen molar-refractivity contribution >= 4 is 40.8 Å². The Hall–Kier alpha value is -4.24. The number of hydrazone groups is 1. The zero-order valence-electron chi connectivity index (χ0n) is 17.2. The van der Waals surface area contributed by atoms with Crippen LogP contribution < -0.4 is 11.0 Å². The van der Waals surface area contributed by atoms with E-state index in [0.717, 1.165) is 11.8 Å². The number of carboxylic acids is 1. The molecule has 0 fully saturated rings. The number of aromatic nitrogens is 2. The number of hydrogen-bond donors (Lipinski definition) is 2. The average Bonchev–Trinajstić information content (AvgIpc) is 2.83. The normalized spacial score (nSPS) is 11.0. The van der Waals surface area contributed by atoms with Crippen molar-refractivity contribution in [1.82, 2.24) is 15.0 Å². The fourth-order valence-electron chi connectivity index (χ4n) is 3.15. The van der Waals surface area contributed by atoms with E-state index in [1.807, 2.05) is 18.2 Å². The van der Waals surface area contributed by atoms with Gasteiger partial charge in [0.1, 0.15) is 0 Å². The Morgan fingerprint density at radius 1 is 1.00 bits per heavy atom. The first-order valence-electron chi connectivity index (χ1n) is 9.89. The summed E-state index contributed by atoms with van der Waals surface area (Å²) in [5.74, 6) is -1.55. The molecule has 0 unspecified atom stereocenters. The lowest BCUT2D eigenvalue weighted by atomic mass is 10.1. The fraction of sp³-hybridized carbons (Fsp3) is 0.0417. The van der Waals surface area contributed by atoms with Gasteiger partial charge in [0.05, 0.1) is 34.1 Å². The van der Waals surface area contributed by atoms with E-state index in [2.05, 4.69) is 15.5 Å². The highest BCUT2D eigenvalue weighted by atomic mass is 32.2. The summed E-state index contributed by atoms with van der Waals surface area (Å²) in [6, 6.07) is 22.5. The van der Waals surface area contributed by atoms with Gasteiger partial charge in [-0.15, -0.1) is 0 Å². The zero-order chi connectivity index (χ0) is 23.2. The van der Waals surface area contributed by atoms with Gasteiger partial charge in [0.15, 0.2) is 5.16 Å². The summed E-state index contributed by atoms with van der Waals surface area (Å²) in [5, 5.41) is 13.9. The Morgan fingerprint density at radius 3 is 2.48 bits per heavy atom. The number of nitrogens with zero attached hydrogens (tertiary/aromatic N) is 3. The third-order valence-corrected chi connectivity index (χ3v) is 5.61. The molecule has 0 aliphatic carbocycles. The van der Waals surface area contributed by atoms with Crippen LogP contribution in [0.2, 0.25) is 0 Å². The molecular weight excluding hydrogens is 440 g/mol. The molecule has 33 heavy (non-hydrogen) atoms. The van der Waals surface area contributed by atoms with Crippen LogP contribution in [-0.4, -0.2) is 38.5 Å². The van der Waals surface area contributed by atoms with Crippen molar-refractivity contribution in [1.29, 1.82) is 0 Å². The van der Waals surface area contributed by atoms with Crippen LogP contribution in [0.3, 0.4) is 0 Å². The molecule has 0 aliphatic heterocycles. The highest BCUT2D eigenvalue weighted by Gasteiger charge is 2.14. The number of carboxylic acid groups (broad SMARTS) is 1. The van der Waals surface area contributed by atoms with Crippen LogP contribution in [0.4, 0.5) is 0 Å².